The van der Waals surface area contributed by atoms with Gasteiger partial charge in [-0.15, -0.1) is 0 Å². The van der Waals surface area contributed by atoms with E-state index < -0.39 is 97.2 Å². The number of hydrogen-bond donors (Lipinski definition) is 9. The van der Waals surface area contributed by atoms with E-state index in [4.69, 9.17) is 0 Å². The Bertz CT molecular complexity index is 2070. The third kappa shape index (κ3) is 10.8. The van der Waals surface area contributed by atoms with Gasteiger partial charge >= 0.3 is 0 Å². The zero-order valence-corrected chi connectivity index (χ0v) is 33.0. The quantitative estimate of drug-likeness (QED) is 0.147. The number of hydrogen-bond acceptors (Lipinski definition) is 9. The Morgan fingerprint density at radius 3 is 2.17 bits per heavy atom. The van der Waals surface area contributed by atoms with Crippen LogP contribution in [-0.4, -0.2) is 112 Å². The molecular formula is C41H52N8O9. The molecule has 3 aromatic rings. The normalized spacial score (nSPS) is 22.4. The number of rotatable bonds is 7. The number of aliphatic hydroxyl groups is 1. The summed E-state index contributed by atoms with van der Waals surface area (Å²) in [4.78, 5) is 99.0. The first-order chi connectivity index (χ1) is 27.6. The molecule has 0 saturated carbocycles. The summed E-state index contributed by atoms with van der Waals surface area (Å²) in [7, 11) is 0. The third-order valence-corrected chi connectivity index (χ3v) is 10.2. The van der Waals surface area contributed by atoms with Crippen molar-refractivity contribution < 1.29 is 43.8 Å². The number of fused-ring (bicyclic) bond motifs is 2. The number of aromatic nitrogens is 1. The van der Waals surface area contributed by atoms with Crippen LogP contribution in [-0.2, 0) is 46.4 Å². The van der Waals surface area contributed by atoms with Gasteiger partial charge in [0.25, 0.3) is 0 Å². The van der Waals surface area contributed by atoms with Crippen LogP contribution in [0.15, 0.2) is 60.3 Å². The van der Waals surface area contributed by atoms with Crippen LogP contribution < -0.4 is 31.9 Å². The van der Waals surface area contributed by atoms with Gasteiger partial charge in [0, 0.05) is 30.1 Å². The second-order valence-electron chi connectivity index (χ2n) is 15.2. The average Bonchev–Trinajstić information content (AvgIpc) is 3.86. The fourth-order valence-corrected chi connectivity index (χ4v) is 7.01. The van der Waals surface area contributed by atoms with E-state index in [1.807, 2.05) is 44.2 Å². The van der Waals surface area contributed by atoms with E-state index in [1.54, 1.807) is 20.0 Å². The number of phenols is 1. The summed E-state index contributed by atoms with van der Waals surface area (Å²) in [6.07, 6.45) is 3.03. The van der Waals surface area contributed by atoms with Gasteiger partial charge in [-0.25, -0.2) is 0 Å². The molecule has 2 saturated heterocycles. The fraction of sp³-hybridized carbons (Fsp3) is 0.439. The van der Waals surface area contributed by atoms with Gasteiger partial charge < -0.3 is 52.0 Å². The number of carbonyl (C=O) groups is 7. The number of allylic oxidation sites excluding steroid dienone is 2. The van der Waals surface area contributed by atoms with Gasteiger partial charge in [-0.3, -0.25) is 33.6 Å². The highest BCUT2D eigenvalue weighted by Gasteiger charge is 2.37. The van der Waals surface area contributed by atoms with E-state index in [-0.39, 0.29) is 24.3 Å². The van der Waals surface area contributed by atoms with Crippen molar-refractivity contribution in [1.82, 2.24) is 41.8 Å². The van der Waals surface area contributed by atoms with E-state index >= 15 is 0 Å². The molecule has 5 atom stereocenters. The van der Waals surface area contributed by atoms with Crippen molar-refractivity contribution >= 4 is 52.3 Å². The maximum Gasteiger partial charge on any atom is 0.246 e. The molecule has 0 bridgehead atoms. The van der Waals surface area contributed by atoms with Gasteiger partial charge in [0.1, 0.15) is 36.0 Å². The van der Waals surface area contributed by atoms with Crippen LogP contribution in [0.2, 0.25) is 0 Å². The number of phenolic OH excluding ortho intramolecular Hbond substituents is 1. The lowest BCUT2D eigenvalue weighted by Crippen LogP contribution is -2.56. The van der Waals surface area contributed by atoms with Crippen LogP contribution >= 0.6 is 0 Å². The van der Waals surface area contributed by atoms with Crippen molar-refractivity contribution in [2.75, 3.05) is 26.2 Å². The predicted molar refractivity (Wildman–Crippen MR) is 213 cm³/mol. The summed E-state index contributed by atoms with van der Waals surface area (Å²) in [5.74, 6) is -5.63. The maximum absolute atomic E-state index is 13.8. The number of amides is 7. The van der Waals surface area contributed by atoms with Crippen LogP contribution in [0.5, 0.6) is 5.75 Å². The highest BCUT2D eigenvalue weighted by atomic mass is 16.3. The number of aliphatic hydroxyl groups excluding tert-OH is 1. The number of para-hydroxylation sites is 1. The van der Waals surface area contributed by atoms with Gasteiger partial charge in [-0.05, 0) is 73.9 Å². The Balaban J connectivity index is 1.45. The minimum Gasteiger partial charge on any atom is -0.508 e. The van der Waals surface area contributed by atoms with Crippen LogP contribution in [0.3, 0.4) is 0 Å². The van der Waals surface area contributed by atoms with E-state index in [0.29, 0.717) is 30.4 Å². The SMILES string of the molecule is CC(C)=CCc1cc([C@H](O)[C@@H]2NC(=O)CNC(=O)[C@H](Cc3c[nH]c4ccccc34)NC(=O)[C@@H]3CCCN3C(=O)CNC(=O)[C@@H](C(C)C)NC(=O)CNC2=O)ccc1O. The number of benzene rings is 2. The van der Waals surface area contributed by atoms with Crippen LogP contribution in [0.25, 0.3) is 10.9 Å². The molecule has 2 aromatic carbocycles. The first-order valence-corrected chi connectivity index (χ1v) is 19.3. The molecule has 2 fully saturated rings. The summed E-state index contributed by atoms with van der Waals surface area (Å²) < 4.78 is 0. The maximum atomic E-state index is 13.8. The molecule has 17 nitrogen and oxygen atoms in total. The van der Waals surface area contributed by atoms with Crippen molar-refractivity contribution in [3.05, 3.63) is 77.0 Å². The highest BCUT2D eigenvalue weighted by molar-refractivity contribution is 5.97. The molecule has 5 rings (SSSR count). The molecule has 1 aromatic heterocycles. The average molecular weight is 801 g/mol. The van der Waals surface area contributed by atoms with Crippen molar-refractivity contribution in [1.29, 1.82) is 0 Å². The Labute approximate surface area is 335 Å². The molecule has 2 aliphatic heterocycles. The minimum absolute atomic E-state index is 0.0111. The molecular weight excluding hydrogens is 748 g/mol. The number of aromatic amines is 1. The Hall–Kier alpha value is -6.23. The molecule has 2 aliphatic rings. The van der Waals surface area contributed by atoms with E-state index in [1.165, 1.54) is 23.1 Å². The first kappa shape index (κ1) is 42.9. The number of aromatic hydroxyl groups is 1. The minimum atomic E-state index is -1.70. The van der Waals surface area contributed by atoms with E-state index in [0.717, 1.165) is 16.5 Å². The highest BCUT2D eigenvalue weighted by Crippen LogP contribution is 2.26. The van der Waals surface area contributed by atoms with Crippen molar-refractivity contribution in [2.24, 2.45) is 5.92 Å². The molecule has 58 heavy (non-hydrogen) atoms. The lowest BCUT2D eigenvalue weighted by Gasteiger charge is -2.27. The molecule has 310 valence electrons. The number of nitrogens with one attached hydrogen (secondary N) is 7. The van der Waals surface area contributed by atoms with Crippen molar-refractivity contribution in [3.8, 4) is 5.75 Å². The zero-order valence-electron chi connectivity index (χ0n) is 33.0. The number of carbonyl (C=O) groups excluding carboxylic acids is 7. The molecule has 9 N–H and O–H groups in total. The van der Waals surface area contributed by atoms with E-state index in [2.05, 4.69) is 36.9 Å². The van der Waals surface area contributed by atoms with Crippen molar-refractivity contribution in [2.45, 2.75) is 83.6 Å². The second-order valence-corrected chi connectivity index (χ2v) is 15.2. The van der Waals surface area contributed by atoms with Gasteiger partial charge in [-0.1, -0.05) is 49.8 Å². The second kappa shape index (κ2) is 19.3. The zero-order chi connectivity index (χ0) is 42.1. The fourth-order valence-electron chi connectivity index (χ4n) is 7.01. The Morgan fingerprint density at radius 2 is 1.47 bits per heavy atom. The third-order valence-electron chi connectivity index (χ3n) is 10.2. The molecule has 17 heteroatoms. The Kier molecular flexibility index (Phi) is 14.3. The van der Waals surface area contributed by atoms with Gasteiger partial charge in [0.15, 0.2) is 0 Å². The summed E-state index contributed by atoms with van der Waals surface area (Å²) in [6.45, 7) is 5.59. The van der Waals surface area contributed by atoms with E-state index in [9.17, 15) is 43.8 Å². The van der Waals surface area contributed by atoms with Gasteiger partial charge in [0.05, 0.1) is 19.6 Å². The molecule has 7 amide bonds. The van der Waals surface area contributed by atoms with Crippen LogP contribution in [0.4, 0.5) is 0 Å². The smallest absolute Gasteiger partial charge is 0.246 e. The lowest BCUT2D eigenvalue weighted by molar-refractivity contribution is -0.140. The van der Waals surface area contributed by atoms with Gasteiger partial charge in [-0.2, -0.15) is 0 Å². The largest absolute Gasteiger partial charge is 0.508 e. The topological polar surface area (TPSA) is 251 Å². The summed E-state index contributed by atoms with van der Waals surface area (Å²) in [6, 6.07) is 6.67. The van der Waals surface area contributed by atoms with Crippen LogP contribution in [0, 0.1) is 5.92 Å². The molecule has 0 aliphatic carbocycles. The molecule has 0 spiro atoms. The molecule has 0 unspecified atom stereocenters. The first-order valence-electron chi connectivity index (χ1n) is 19.3. The summed E-state index contributed by atoms with van der Waals surface area (Å²) in [5, 5.41) is 38.1. The van der Waals surface area contributed by atoms with Gasteiger partial charge in [0.2, 0.25) is 41.4 Å². The Morgan fingerprint density at radius 1 is 0.810 bits per heavy atom. The standard InChI is InChI=1S/C41H52N8O9/c1-22(2)11-12-24-16-25(13-14-31(24)50)37(54)36-41(58)44-20-32(51)47-35(23(3)4)40(57)45-21-34(53)49-15-7-10-30(49)39(56)46-29(38(55)43-19-33(52)48-36)17-26-18-42-28-9-6-5-8-27(26)28/h5-6,8-9,11,13-14,16,18,23,29-30,35-37,42,50,54H,7,10,12,15,17,19-21H2,1-4H3,(H,43,55)(H,44,58)(H,45,57)(H,46,56)(H,47,51)(H,48,52)/t29-,30-,35+,36-,37-/m0/s1. The lowest BCUT2D eigenvalue weighted by atomic mass is 9.97. The summed E-state index contributed by atoms with van der Waals surface area (Å²) in [5.41, 5.74) is 3.11. The monoisotopic (exact) mass is 800 g/mol. The van der Waals surface area contributed by atoms with Crippen LogP contribution in [0.1, 0.15) is 63.3 Å². The summed E-state index contributed by atoms with van der Waals surface area (Å²) >= 11 is 0. The molecule has 0 radical (unpaired) electrons. The predicted octanol–water partition coefficient (Wildman–Crippen LogP) is 0.122. The molecule has 3 heterocycles. The number of H-pyrrole nitrogens is 1. The number of nitrogens with zero attached hydrogens (tertiary/aromatic N) is 1. The van der Waals surface area contributed by atoms with Crippen molar-refractivity contribution in [3.63, 3.8) is 0 Å².